The van der Waals surface area contributed by atoms with Crippen molar-refractivity contribution in [3.63, 3.8) is 0 Å². The van der Waals surface area contributed by atoms with Gasteiger partial charge >= 0.3 is 11.9 Å². The van der Waals surface area contributed by atoms with Crippen LogP contribution < -0.4 is 0 Å². The van der Waals surface area contributed by atoms with Gasteiger partial charge in [0, 0.05) is 12.8 Å². The van der Waals surface area contributed by atoms with Gasteiger partial charge in [-0.3, -0.25) is 14.4 Å². The third-order valence-corrected chi connectivity index (χ3v) is 2.52. The van der Waals surface area contributed by atoms with Gasteiger partial charge in [-0.25, -0.2) is 0 Å². The summed E-state index contributed by atoms with van der Waals surface area (Å²) in [5.74, 6) is -2.38. The molecule has 0 saturated heterocycles. The SMILES string of the molecule is C=CCCC(=O)CC[C@@H](C(=O)OC)C(=O)OC(C)(C)C. The normalized spacial score (nSPS) is 12.4. The fraction of sp³-hybridized carbons (Fsp3) is 0.667. The summed E-state index contributed by atoms with van der Waals surface area (Å²) in [4.78, 5) is 35.1. The average molecular weight is 284 g/mol. The van der Waals surface area contributed by atoms with Crippen molar-refractivity contribution in [2.75, 3.05) is 7.11 Å². The Kier molecular flexibility index (Phi) is 7.80. The number of esters is 2. The number of Topliss-reactive ketones (excluding diaryl/α,β-unsaturated/α-hetero) is 1. The monoisotopic (exact) mass is 284 g/mol. The predicted octanol–water partition coefficient (Wildman–Crippen LogP) is 2.43. The number of rotatable bonds is 8. The van der Waals surface area contributed by atoms with Gasteiger partial charge in [0.15, 0.2) is 5.92 Å². The molecule has 0 N–H and O–H groups in total. The molecule has 0 radical (unpaired) electrons. The second-order valence-electron chi connectivity index (χ2n) is 5.51. The summed E-state index contributed by atoms with van der Waals surface area (Å²) in [6.07, 6.45) is 2.87. The molecule has 0 aromatic carbocycles. The fourth-order valence-corrected chi connectivity index (χ4v) is 1.54. The largest absolute Gasteiger partial charge is 0.468 e. The van der Waals surface area contributed by atoms with E-state index in [4.69, 9.17) is 4.74 Å². The second kappa shape index (κ2) is 8.51. The zero-order chi connectivity index (χ0) is 15.8. The summed E-state index contributed by atoms with van der Waals surface area (Å²) in [5.41, 5.74) is -0.684. The molecule has 0 amide bonds. The van der Waals surface area contributed by atoms with Crippen LogP contribution in [0.2, 0.25) is 0 Å². The molecule has 5 heteroatoms. The van der Waals surface area contributed by atoms with Gasteiger partial charge < -0.3 is 9.47 Å². The van der Waals surface area contributed by atoms with Crippen LogP contribution in [0.15, 0.2) is 12.7 Å². The van der Waals surface area contributed by atoms with Crippen molar-refractivity contribution in [2.45, 2.75) is 52.1 Å². The van der Waals surface area contributed by atoms with Crippen LogP contribution in [0.25, 0.3) is 0 Å². The first kappa shape index (κ1) is 18.4. The van der Waals surface area contributed by atoms with Gasteiger partial charge in [0.05, 0.1) is 7.11 Å². The number of carbonyl (C=O) groups is 3. The van der Waals surface area contributed by atoms with Crippen molar-refractivity contribution in [2.24, 2.45) is 5.92 Å². The molecule has 0 aliphatic carbocycles. The minimum atomic E-state index is -1.05. The summed E-state index contributed by atoms with van der Waals surface area (Å²) >= 11 is 0. The van der Waals surface area contributed by atoms with Gasteiger partial charge in [-0.05, 0) is 33.6 Å². The highest BCUT2D eigenvalue weighted by Crippen LogP contribution is 2.17. The molecule has 0 rings (SSSR count). The van der Waals surface area contributed by atoms with E-state index in [1.807, 2.05) is 0 Å². The first-order valence-electron chi connectivity index (χ1n) is 6.64. The van der Waals surface area contributed by atoms with Gasteiger partial charge in [-0.15, -0.1) is 6.58 Å². The lowest BCUT2D eigenvalue weighted by Gasteiger charge is -2.22. The number of methoxy groups -OCH3 is 1. The van der Waals surface area contributed by atoms with Crippen molar-refractivity contribution >= 4 is 17.7 Å². The number of ether oxygens (including phenoxy) is 2. The van der Waals surface area contributed by atoms with Crippen LogP contribution in [0.4, 0.5) is 0 Å². The van der Waals surface area contributed by atoms with Crippen molar-refractivity contribution in [1.29, 1.82) is 0 Å². The van der Waals surface area contributed by atoms with Crippen LogP contribution in [0, 0.1) is 5.92 Å². The number of hydrogen-bond acceptors (Lipinski definition) is 5. The topological polar surface area (TPSA) is 69.7 Å². The van der Waals surface area contributed by atoms with Crippen LogP contribution in [0.3, 0.4) is 0 Å². The van der Waals surface area contributed by atoms with Crippen LogP contribution in [-0.2, 0) is 23.9 Å². The average Bonchev–Trinajstić information content (AvgIpc) is 2.33. The van der Waals surface area contributed by atoms with Gasteiger partial charge in [0.25, 0.3) is 0 Å². The number of ketones is 1. The van der Waals surface area contributed by atoms with E-state index in [0.29, 0.717) is 12.8 Å². The summed E-state index contributed by atoms with van der Waals surface area (Å²) < 4.78 is 9.76. The Morgan fingerprint density at radius 2 is 1.75 bits per heavy atom. The third kappa shape index (κ3) is 7.71. The molecule has 0 saturated carbocycles. The Morgan fingerprint density at radius 1 is 1.15 bits per heavy atom. The molecule has 0 fully saturated rings. The van der Waals surface area contributed by atoms with E-state index in [9.17, 15) is 14.4 Å². The molecular formula is C15H24O5. The number of hydrogen-bond donors (Lipinski definition) is 0. The molecule has 0 aromatic rings. The van der Waals surface area contributed by atoms with E-state index >= 15 is 0 Å². The van der Waals surface area contributed by atoms with Crippen LogP contribution in [-0.4, -0.2) is 30.4 Å². The molecule has 114 valence electrons. The van der Waals surface area contributed by atoms with E-state index in [1.54, 1.807) is 26.8 Å². The predicted molar refractivity (Wildman–Crippen MR) is 75.0 cm³/mol. The standard InChI is InChI=1S/C15H24O5/c1-6-7-8-11(16)9-10-12(13(17)19-5)14(18)20-15(2,3)4/h6,12H,1,7-10H2,2-5H3/t12-/m0/s1. The summed E-state index contributed by atoms with van der Waals surface area (Å²) in [6, 6.07) is 0. The van der Waals surface area contributed by atoms with Crippen molar-refractivity contribution < 1.29 is 23.9 Å². The smallest absolute Gasteiger partial charge is 0.320 e. The molecule has 0 heterocycles. The molecule has 0 bridgehead atoms. The molecule has 20 heavy (non-hydrogen) atoms. The number of carbonyl (C=O) groups excluding carboxylic acids is 3. The Bertz CT molecular complexity index is 365. The Morgan fingerprint density at radius 3 is 2.20 bits per heavy atom. The molecular weight excluding hydrogens is 260 g/mol. The highest BCUT2D eigenvalue weighted by molar-refractivity contribution is 5.95. The molecule has 0 aromatic heterocycles. The lowest BCUT2D eigenvalue weighted by molar-refractivity contribution is -0.168. The van der Waals surface area contributed by atoms with Crippen molar-refractivity contribution in [3.05, 3.63) is 12.7 Å². The molecule has 0 aliphatic rings. The number of allylic oxidation sites excluding steroid dienone is 1. The maximum Gasteiger partial charge on any atom is 0.320 e. The van der Waals surface area contributed by atoms with E-state index < -0.39 is 23.5 Å². The quantitative estimate of drug-likeness (QED) is 0.389. The van der Waals surface area contributed by atoms with Gasteiger partial charge in [-0.1, -0.05) is 6.08 Å². The van der Waals surface area contributed by atoms with Crippen LogP contribution in [0.1, 0.15) is 46.5 Å². The molecule has 5 nitrogen and oxygen atoms in total. The highest BCUT2D eigenvalue weighted by Gasteiger charge is 2.32. The van der Waals surface area contributed by atoms with Crippen LogP contribution >= 0.6 is 0 Å². The van der Waals surface area contributed by atoms with Gasteiger partial charge in [-0.2, -0.15) is 0 Å². The summed E-state index contributed by atoms with van der Waals surface area (Å²) in [5, 5.41) is 0. The zero-order valence-electron chi connectivity index (χ0n) is 12.7. The minimum absolute atomic E-state index is 0.0117. The fourth-order valence-electron chi connectivity index (χ4n) is 1.54. The minimum Gasteiger partial charge on any atom is -0.468 e. The van der Waals surface area contributed by atoms with Gasteiger partial charge in [0.1, 0.15) is 11.4 Å². The van der Waals surface area contributed by atoms with Gasteiger partial charge in [0.2, 0.25) is 0 Å². The molecule has 1 atom stereocenters. The molecule has 0 unspecified atom stereocenters. The van der Waals surface area contributed by atoms with Crippen molar-refractivity contribution in [3.8, 4) is 0 Å². The van der Waals surface area contributed by atoms with Crippen LogP contribution in [0.5, 0.6) is 0 Å². The van der Waals surface area contributed by atoms with E-state index in [-0.39, 0.29) is 18.6 Å². The third-order valence-electron chi connectivity index (χ3n) is 2.52. The highest BCUT2D eigenvalue weighted by atomic mass is 16.6. The lowest BCUT2D eigenvalue weighted by Crippen LogP contribution is -2.33. The molecule has 0 aliphatic heterocycles. The van der Waals surface area contributed by atoms with Crippen molar-refractivity contribution in [1.82, 2.24) is 0 Å². The Hall–Kier alpha value is -1.65. The maximum absolute atomic E-state index is 11.9. The first-order valence-corrected chi connectivity index (χ1v) is 6.64. The molecule has 0 spiro atoms. The zero-order valence-corrected chi connectivity index (χ0v) is 12.7. The maximum atomic E-state index is 11.9. The first-order chi connectivity index (χ1) is 9.21. The Balaban J connectivity index is 4.58. The van der Waals surface area contributed by atoms with E-state index in [2.05, 4.69) is 11.3 Å². The van der Waals surface area contributed by atoms with E-state index in [0.717, 1.165) is 0 Å². The Labute approximate surface area is 120 Å². The summed E-state index contributed by atoms with van der Waals surface area (Å²) in [7, 11) is 1.21. The second-order valence-corrected chi connectivity index (χ2v) is 5.51. The van der Waals surface area contributed by atoms with E-state index in [1.165, 1.54) is 7.11 Å². The lowest BCUT2D eigenvalue weighted by atomic mass is 9.99. The summed E-state index contributed by atoms with van der Waals surface area (Å²) in [6.45, 7) is 8.69.